The van der Waals surface area contributed by atoms with E-state index in [2.05, 4.69) is 279 Å². The van der Waals surface area contributed by atoms with E-state index in [0.717, 1.165) is 33.8 Å². The highest BCUT2D eigenvalue weighted by Crippen LogP contribution is 2.55. The summed E-state index contributed by atoms with van der Waals surface area (Å²) in [5.74, 6) is 0. The Morgan fingerprint density at radius 2 is 0.776 bits per heavy atom. The fourth-order valence-corrected chi connectivity index (χ4v) is 10.6. The monoisotopic (exact) mass is 853 g/mol. The number of hydrogen-bond donors (Lipinski definition) is 0. The van der Waals surface area contributed by atoms with Crippen LogP contribution < -0.4 is 4.90 Å². The zero-order valence-electron chi connectivity index (χ0n) is 37.4. The van der Waals surface area contributed by atoms with Gasteiger partial charge in [-0.1, -0.05) is 237 Å². The van der Waals surface area contributed by atoms with E-state index in [-0.39, 0.29) is 5.41 Å². The highest BCUT2D eigenvalue weighted by atomic mass is 15.1. The standard InChI is InChI=1S/C66H47N/c1-66(54-22-6-3-7-23-54)62-30-12-10-27-61(62)65-60(29-16-31-63(65)66)52-41-43-55(44-42-52)67(64-32-13-11-26-59(64)51-39-33-47(34-40-51)46-17-4-2-5-18-46)56-24-14-21-53(45-56)48-35-37-50(38-36-48)58-28-15-20-49-19-8-9-25-57(49)58/h2-45H,1H3. The molecule has 1 aliphatic rings. The number of nitrogens with zero attached hydrogens (tertiary/aromatic N) is 1. The Kier molecular flexibility index (Phi) is 10.0. The van der Waals surface area contributed by atoms with Gasteiger partial charge in [-0.2, -0.15) is 0 Å². The predicted molar refractivity (Wildman–Crippen MR) is 283 cm³/mol. The van der Waals surface area contributed by atoms with E-state index in [9.17, 15) is 0 Å². The highest BCUT2D eigenvalue weighted by Gasteiger charge is 2.41. The molecule has 0 heterocycles. The molecular formula is C66H47N. The quantitative estimate of drug-likeness (QED) is 0.140. The molecule has 1 unspecified atom stereocenters. The first-order valence-electron chi connectivity index (χ1n) is 23.2. The topological polar surface area (TPSA) is 3.24 Å². The van der Waals surface area contributed by atoms with Crippen molar-refractivity contribution in [2.75, 3.05) is 4.90 Å². The maximum absolute atomic E-state index is 2.43. The van der Waals surface area contributed by atoms with Gasteiger partial charge in [-0.25, -0.2) is 0 Å². The van der Waals surface area contributed by atoms with E-state index in [4.69, 9.17) is 0 Å². The van der Waals surface area contributed by atoms with Gasteiger partial charge < -0.3 is 4.90 Å². The smallest absolute Gasteiger partial charge is 0.0540 e. The minimum Gasteiger partial charge on any atom is -0.310 e. The number of para-hydroxylation sites is 1. The van der Waals surface area contributed by atoms with Gasteiger partial charge in [0.25, 0.3) is 0 Å². The van der Waals surface area contributed by atoms with Crippen molar-refractivity contribution in [2.45, 2.75) is 12.3 Å². The molecule has 1 heteroatoms. The van der Waals surface area contributed by atoms with Gasteiger partial charge in [0, 0.05) is 22.4 Å². The molecule has 0 saturated heterocycles. The Morgan fingerprint density at radius 3 is 1.55 bits per heavy atom. The minimum atomic E-state index is -0.260. The maximum Gasteiger partial charge on any atom is 0.0540 e. The molecule has 316 valence electrons. The molecule has 67 heavy (non-hydrogen) atoms. The van der Waals surface area contributed by atoms with Crippen LogP contribution in [0.1, 0.15) is 23.6 Å². The second kappa shape index (κ2) is 16.8. The normalized spacial score (nSPS) is 13.8. The molecule has 0 aliphatic heterocycles. The first-order chi connectivity index (χ1) is 33.1. The van der Waals surface area contributed by atoms with Crippen molar-refractivity contribution in [3.05, 3.63) is 284 Å². The van der Waals surface area contributed by atoms with Crippen molar-refractivity contribution in [3.8, 4) is 66.8 Å². The lowest BCUT2D eigenvalue weighted by molar-refractivity contribution is 0.714. The molecule has 1 atom stereocenters. The predicted octanol–water partition coefficient (Wildman–Crippen LogP) is 18.0. The van der Waals surface area contributed by atoms with Gasteiger partial charge in [-0.3, -0.25) is 0 Å². The molecule has 11 aromatic rings. The van der Waals surface area contributed by atoms with E-state index < -0.39 is 0 Å². The summed E-state index contributed by atoms with van der Waals surface area (Å²) in [7, 11) is 0. The Labute approximate surface area is 393 Å². The summed E-state index contributed by atoms with van der Waals surface area (Å²) >= 11 is 0. The molecule has 0 radical (unpaired) electrons. The molecule has 12 rings (SSSR count). The van der Waals surface area contributed by atoms with Gasteiger partial charge in [0.15, 0.2) is 0 Å². The number of hydrogen-bond acceptors (Lipinski definition) is 1. The molecule has 0 aromatic heterocycles. The summed E-state index contributed by atoms with van der Waals surface area (Å²) in [4.78, 5) is 2.43. The second-order valence-electron chi connectivity index (χ2n) is 17.8. The number of fused-ring (bicyclic) bond motifs is 4. The number of rotatable bonds is 9. The summed E-state index contributed by atoms with van der Waals surface area (Å²) in [6.07, 6.45) is 0. The zero-order valence-corrected chi connectivity index (χ0v) is 37.4. The van der Waals surface area contributed by atoms with Gasteiger partial charge >= 0.3 is 0 Å². The van der Waals surface area contributed by atoms with Crippen LogP contribution in [0.4, 0.5) is 17.1 Å². The van der Waals surface area contributed by atoms with Gasteiger partial charge in [0.05, 0.1) is 5.69 Å². The SMILES string of the molecule is CC1(c2ccccc2)c2ccccc2-c2c(-c3ccc(N(c4cccc(-c5ccc(-c6cccc7ccccc67)cc5)c4)c4ccccc4-c4ccc(-c5ccccc5)cc4)cc3)cccc21. The number of benzene rings is 11. The summed E-state index contributed by atoms with van der Waals surface area (Å²) in [6.45, 7) is 2.39. The van der Waals surface area contributed by atoms with Gasteiger partial charge in [-0.15, -0.1) is 0 Å². The van der Waals surface area contributed by atoms with Crippen LogP contribution in [0.3, 0.4) is 0 Å². The summed E-state index contributed by atoms with van der Waals surface area (Å²) in [5, 5.41) is 2.52. The van der Waals surface area contributed by atoms with E-state index >= 15 is 0 Å². The second-order valence-corrected chi connectivity index (χ2v) is 17.8. The third kappa shape index (κ3) is 7.04. The Morgan fingerprint density at radius 1 is 0.299 bits per heavy atom. The van der Waals surface area contributed by atoms with E-state index in [0.29, 0.717) is 0 Å². The van der Waals surface area contributed by atoms with Crippen LogP contribution in [-0.2, 0) is 5.41 Å². The first-order valence-corrected chi connectivity index (χ1v) is 23.2. The lowest BCUT2D eigenvalue weighted by Crippen LogP contribution is -2.22. The Hall–Kier alpha value is -8.52. The Balaban J connectivity index is 0.964. The molecule has 1 aliphatic carbocycles. The fourth-order valence-electron chi connectivity index (χ4n) is 10.6. The highest BCUT2D eigenvalue weighted by molar-refractivity contribution is 5.98. The molecule has 0 bridgehead atoms. The van der Waals surface area contributed by atoms with Crippen molar-refractivity contribution in [2.24, 2.45) is 0 Å². The molecule has 0 fully saturated rings. The van der Waals surface area contributed by atoms with E-state index in [1.54, 1.807) is 0 Å². The molecule has 0 spiro atoms. The van der Waals surface area contributed by atoms with Crippen LogP contribution >= 0.6 is 0 Å². The van der Waals surface area contributed by atoms with Gasteiger partial charge in [0.2, 0.25) is 0 Å². The maximum atomic E-state index is 2.43. The van der Waals surface area contributed by atoms with Crippen molar-refractivity contribution < 1.29 is 0 Å². The number of anilines is 3. The minimum absolute atomic E-state index is 0.260. The Bertz CT molecular complexity index is 3550. The van der Waals surface area contributed by atoms with Crippen molar-refractivity contribution in [3.63, 3.8) is 0 Å². The van der Waals surface area contributed by atoms with Gasteiger partial charge in [0.1, 0.15) is 0 Å². The largest absolute Gasteiger partial charge is 0.310 e. The summed E-state index contributed by atoms with van der Waals surface area (Å²) in [6, 6.07) is 97.6. The lowest BCUT2D eigenvalue weighted by atomic mass is 9.74. The third-order valence-corrected chi connectivity index (χ3v) is 14.0. The molecule has 11 aromatic carbocycles. The molecule has 0 N–H and O–H groups in total. The van der Waals surface area contributed by atoms with E-state index in [1.165, 1.54) is 77.5 Å². The summed E-state index contributed by atoms with van der Waals surface area (Å²) in [5.41, 5.74) is 21.6. The third-order valence-electron chi connectivity index (χ3n) is 14.0. The van der Waals surface area contributed by atoms with Gasteiger partial charge in [-0.05, 0) is 126 Å². The average Bonchev–Trinajstić information content (AvgIpc) is 3.68. The van der Waals surface area contributed by atoms with Crippen LogP contribution in [0.2, 0.25) is 0 Å². The first kappa shape index (κ1) is 40.0. The zero-order chi connectivity index (χ0) is 44.7. The van der Waals surface area contributed by atoms with Crippen molar-refractivity contribution in [1.82, 2.24) is 0 Å². The van der Waals surface area contributed by atoms with Crippen molar-refractivity contribution in [1.29, 1.82) is 0 Å². The van der Waals surface area contributed by atoms with Crippen LogP contribution in [0, 0.1) is 0 Å². The molecule has 0 amide bonds. The van der Waals surface area contributed by atoms with Crippen LogP contribution in [0.5, 0.6) is 0 Å². The average molecular weight is 854 g/mol. The summed E-state index contributed by atoms with van der Waals surface area (Å²) < 4.78 is 0. The molecular weight excluding hydrogens is 807 g/mol. The van der Waals surface area contributed by atoms with Crippen LogP contribution in [-0.4, -0.2) is 0 Å². The van der Waals surface area contributed by atoms with Crippen LogP contribution in [0.25, 0.3) is 77.5 Å². The van der Waals surface area contributed by atoms with E-state index in [1.807, 2.05) is 0 Å². The molecule has 1 nitrogen and oxygen atoms in total. The molecule has 0 saturated carbocycles. The fraction of sp³-hybridized carbons (Fsp3) is 0.0303. The lowest BCUT2D eigenvalue weighted by Gasteiger charge is -2.29. The van der Waals surface area contributed by atoms with Crippen molar-refractivity contribution >= 4 is 27.8 Å². The van der Waals surface area contributed by atoms with Crippen LogP contribution in [0.15, 0.2) is 267 Å².